The number of fused-ring (bicyclic) bond motifs is 1. The molecule has 0 fully saturated rings. The van der Waals surface area contributed by atoms with E-state index in [1.165, 1.54) is 0 Å². The smallest absolute Gasteiger partial charge is 0.330 e. The molecule has 2 atom stereocenters. The third kappa shape index (κ3) is 3.49. The predicted molar refractivity (Wildman–Crippen MR) is 80.5 cm³/mol. The molecule has 21 heavy (non-hydrogen) atoms. The second-order valence-electron chi connectivity index (χ2n) is 5.22. The summed E-state index contributed by atoms with van der Waals surface area (Å²) in [6, 6.07) is 6.92. The molecule has 112 valence electrons. The fourth-order valence-electron chi connectivity index (χ4n) is 2.06. The summed E-state index contributed by atoms with van der Waals surface area (Å²) in [7, 11) is 0. The van der Waals surface area contributed by atoms with Gasteiger partial charge in [-0.1, -0.05) is 32.0 Å². The van der Waals surface area contributed by atoms with Gasteiger partial charge >= 0.3 is 11.9 Å². The lowest BCUT2D eigenvalue weighted by atomic mass is 10.1. The lowest BCUT2D eigenvalue weighted by Gasteiger charge is -2.12. The van der Waals surface area contributed by atoms with E-state index >= 15 is 0 Å². The summed E-state index contributed by atoms with van der Waals surface area (Å²) in [6.07, 6.45) is 2.79. The van der Waals surface area contributed by atoms with E-state index in [1.54, 1.807) is 6.92 Å². The Morgan fingerprint density at radius 3 is 2.71 bits per heavy atom. The molecule has 0 amide bonds. The number of para-hydroxylation sites is 1. The average Bonchev–Trinajstić information content (AvgIpc) is 2.89. The van der Waals surface area contributed by atoms with Gasteiger partial charge in [-0.05, 0) is 18.1 Å². The molecule has 3 N–H and O–H groups in total. The molecule has 2 rings (SSSR count). The first-order valence-corrected chi connectivity index (χ1v) is 7.09. The molecule has 0 radical (unpaired) electrons. The van der Waals surface area contributed by atoms with Gasteiger partial charge in [-0.2, -0.15) is 0 Å². The van der Waals surface area contributed by atoms with Crippen LogP contribution in [0.3, 0.4) is 0 Å². The Morgan fingerprint density at radius 1 is 1.29 bits per heavy atom. The highest BCUT2D eigenvalue weighted by molar-refractivity contribution is 5.90. The van der Waals surface area contributed by atoms with Gasteiger partial charge in [-0.25, -0.2) is 4.79 Å². The summed E-state index contributed by atoms with van der Waals surface area (Å²) in [6.45, 7) is 3.59. The monoisotopic (exact) mass is 288 g/mol. The van der Waals surface area contributed by atoms with Crippen molar-refractivity contribution < 1.29 is 14.3 Å². The first kappa shape index (κ1) is 15.3. The number of H-pyrrole nitrogens is 1. The number of aromatic nitrogens is 1. The third-order valence-corrected chi connectivity index (χ3v) is 3.63. The van der Waals surface area contributed by atoms with Gasteiger partial charge in [0.05, 0.1) is 5.92 Å². The van der Waals surface area contributed by atoms with Gasteiger partial charge in [0.1, 0.15) is 6.04 Å². The molecule has 1 aromatic heterocycles. The maximum absolute atomic E-state index is 11.9. The molecule has 1 aromatic carbocycles. The fourth-order valence-corrected chi connectivity index (χ4v) is 2.06. The van der Waals surface area contributed by atoms with Gasteiger partial charge < -0.3 is 15.5 Å². The summed E-state index contributed by atoms with van der Waals surface area (Å²) in [5.74, 6) is -1.49. The van der Waals surface area contributed by atoms with Crippen LogP contribution in [0.4, 0.5) is 0 Å². The standard InChI is InChI=1S/C16H20N2O3/c1-3-10(2)15(19)21-16(20)13(17)8-11-9-18-14-7-5-4-6-12(11)14/h4-7,9-10,13,18H,3,8,17H2,1-2H3. The molecule has 0 aliphatic heterocycles. The number of aromatic amines is 1. The van der Waals surface area contributed by atoms with E-state index in [-0.39, 0.29) is 5.92 Å². The lowest BCUT2D eigenvalue weighted by Crippen LogP contribution is -2.36. The summed E-state index contributed by atoms with van der Waals surface area (Å²) in [4.78, 5) is 26.6. The first-order valence-electron chi connectivity index (χ1n) is 7.09. The largest absolute Gasteiger partial charge is 0.392 e. The number of rotatable bonds is 5. The summed E-state index contributed by atoms with van der Waals surface area (Å²) in [5.41, 5.74) is 7.77. The normalized spacial score (nSPS) is 13.9. The van der Waals surface area contributed by atoms with Crippen molar-refractivity contribution in [3.05, 3.63) is 36.0 Å². The Kier molecular flexibility index (Phi) is 4.75. The number of carbonyl (C=O) groups excluding carboxylic acids is 2. The molecule has 1 heterocycles. The molecule has 0 saturated carbocycles. The third-order valence-electron chi connectivity index (χ3n) is 3.63. The van der Waals surface area contributed by atoms with Crippen LogP contribution in [0.5, 0.6) is 0 Å². The lowest BCUT2D eigenvalue weighted by molar-refractivity contribution is -0.163. The molecular weight excluding hydrogens is 268 g/mol. The number of hydrogen-bond donors (Lipinski definition) is 2. The van der Waals surface area contributed by atoms with Crippen molar-refractivity contribution in [2.45, 2.75) is 32.7 Å². The second-order valence-corrected chi connectivity index (χ2v) is 5.22. The van der Waals surface area contributed by atoms with Gasteiger partial charge in [0, 0.05) is 23.5 Å². The van der Waals surface area contributed by atoms with Crippen molar-refractivity contribution >= 4 is 22.8 Å². The van der Waals surface area contributed by atoms with Gasteiger partial charge in [-0.3, -0.25) is 4.79 Å². The molecule has 0 saturated heterocycles. The summed E-state index contributed by atoms with van der Waals surface area (Å²) >= 11 is 0. The molecule has 2 unspecified atom stereocenters. The number of benzene rings is 1. The Bertz CT molecular complexity index is 648. The van der Waals surface area contributed by atoms with Crippen molar-refractivity contribution in [2.75, 3.05) is 0 Å². The number of esters is 2. The molecule has 0 bridgehead atoms. The Labute approximate surface area is 123 Å². The molecule has 0 aliphatic carbocycles. The van der Waals surface area contributed by atoms with E-state index in [0.29, 0.717) is 12.8 Å². The van der Waals surface area contributed by atoms with Crippen LogP contribution in [0.25, 0.3) is 10.9 Å². The van der Waals surface area contributed by atoms with Gasteiger partial charge in [0.25, 0.3) is 0 Å². The van der Waals surface area contributed by atoms with Crippen LogP contribution in [-0.2, 0) is 20.7 Å². The van der Waals surface area contributed by atoms with E-state index < -0.39 is 18.0 Å². The van der Waals surface area contributed by atoms with Crippen LogP contribution in [0, 0.1) is 5.92 Å². The predicted octanol–water partition coefficient (Wildman–Crippen LogP) is 2.15. The number of carbonyl (C=O) groups is 2. The van der Waals surface area contributed by atoms with Gasteiger partial charge in [0.15, 0.2) is 0 Å². The van der Waals surface area contributed by atoms with Crippen molar-refractivity contribution in [1.82, 2.24) is 4.98 Å². The molecule has 0 aliphatic rings. The number of nitrogens with two attached hydrogens (primary N) is 1. The van der Waals surface area contributed by atoms with Crippen molar-refractivity contribution in [2.24, 2.45) is 11.7 Å². The van der Waals surface area contributed by atoms with E-state index in [0.717, 1.165) is 16.5 Å². The zero-order valence-electron chi connectivity index (χ0n) is 12.3. The second kappa shape index (κ2) is 6.54. The molecule has 0 spiro atoms. The average molecular weight is 288 g/mol. The van der Waals surface area contributed by atoms with Crippen LogP contribution in [0.15, 0.2) is 30.5 Å². The van der Waals surface area contributed by atoms with E-state index in [2.05, 4.69) is 4.98 Å². The minimum Gasteiger partial charge on any atom is -0.392 e. The van der Waals surface area contributed by atoms with E-state index in [4.69, 9.17) is 10.5 Å². The minimum atomic E-state index is -0.850. The number of hydrogen-bond acceptors (Lipinski definition) is 4. The van der Waals surface area contributed by atoms with Crippen LogP contribution >= 0.6 is 0 Å². The summed E-state index contributed by atoms with van der Waals surface area (Å²) < 4.78 is 4.81. The van der Waals surface area contributed by atoms with Crippen molar-refractivity contribution in [3.63, 3.8) is 0 Å². The molecular formula is C16H20N2O3. The quantitative estimate of drug-likeness (QED) is 0.652. The molecule has 2 aromatic rings. The first-order chi connectivity index (χ1) is 10.0. The van der Waals surface area contributed by atoms with Gasteiger partial charge in [-0.15, -0.1) is 0 Å². The van der Waals surface area contributed by atoms with Crippen LogP contribution in [0.2, 0.25) is 0 Å². The highest BCUT2D eigenvalue weighted by atomic mass is 16.6. The number of nitrogens with one attached hydrogen (secondary N) is 1. The van der Waals surface area contributed by atoms with Gasteiger partial charge in [0.2, 0.25) is 0 Å². The minimum absolute atomic E-state index is 0.297. The van der Waals surface area contributed by atoms with E-state index in [1.807, 2.05) is 37.4 Å². The maximum Gasteiger partial charge on any atom is 0.330 e. The van der Waals surface area contributed by atoms with Crippen LogP contribution < -0.4 is 5.73 Å². The maximum atomic E-state index is 11.9. The topological polar surface area (TPSA) is 85.2 Å². The Morgan fingerprint density at radius 2 is 2.00 bits per heavy atom. The van der Waals surface area contributed by atoms with Crippen LogP contribution in [-0.4, -0.2) is 23.0 Å². The van der Waals surface area contributed by atoms with Crippen molar-refractivity contribution in [3.8, 4) is 0 Å². The Balaban J connectivity index is 2.02. The fraction of sp³-hybridized carbons (Fsp3) is 0.375. The number of ether oxygens (including phenoxy) is 1. The highest BCUT2D eigenvalue weighted by Gasteiger charge is 2.22. The molecule has 5 nitrogen and oxygen atoms in total. The van der Waals surface area contributed by atoms with E-state index in [9.17, 15) is 9.59 Å². The SMILES string of the molecule is CCC(C)C(=O)OC(=O)C(N)Cc1c[nH]c2ccccc12. The Hall–Kier alpha value is -2.14. The highest BCUT2D eigenvalue weighted by Crippen LogP contribution is 2.19. The zero-order chi connectivity index (χ0) is 15.4. The van der Waals surface area contributed by atoms with Crippen molar-refractivity contribution in [1.29, 1.82) is 0 Å². The summed E-state index contributed by atoms with van der Waals surface area (Å²) in [5, 5.41) is 1.02. The molecule has 5 heteroatoms. The zero-order valence-corrected chi connectivity index (χ0v) is 12.3. The van der Waals surface area contributed by atoms with Crippen LogP contribution in [0.1, 0.15) is 25.8 Å².